The zero-order chi connectivity index (χ0) is 10.8. The summed E-state index contributed by atoms with van der Waals surface area (Å²) in [6, 6.07) is 7.58. The fraction of sp³-hybridized carbons (Fsp3) is 0.222. The van der Waals surface area contributed by atoms with E-state index in [-0.39, 0.29) is 4.90 Å². The van der Waals surface area contributed by atoms with Crippen molar-refractivity contribution in [2.75, 3.05) is 0 Å². The van der Waals surface area contributed by atoms with Gasteiger partial charge in [-0.25, -0.2) is 8.42 Å². The van der Waals surface area contributed by atoms with Crippen LogP contribution in [0, 0.1) is 11.3 Å². The van der Waals surface area contributed by atoms with E-state index >= 15 is 0 Å². The average molecular weight is 230 g/mol. The van der Waals surface area contributed by atoms with Gasteiger partial charge in [-0.15, -0.1) is 0 Å². The van der Waals surface area contributed by atoms with Crippen LogP contribution in [0.3, 0.4) is 0 Å². The molecular formula is C9H8ClNO2S. The van der Waals surface area contributed by atoms with E-state index < -0.39 is 15.1 Å². The van der Waals surface area contributed by atoms with E-state index in [1.165, 1.54) is 19.1 Å². The SMILES string of the molecule is CC(C#N)S(=O)(=O)c1cccc(Cl)c1. The molecule has 0 N–H and O–H groups in total. The largest absolute Gasteiger partial charge is 0.222 e. The van der Waals surface area contributed by atoms with Gasteiger partial charge in [-0.05, 0) is 25.1 Å². The quantitative estimate of drug-likeness (QED) is 0.780. The fourth-order valence-corrected chi connectivity index (χ4v) is 2.28. The molecule has 1 unspecified atom stereocenters. The third kappa shape index (κ3) is 2.06. The van der Waals surface area contributed by atoms with Crippen LogP contribution in [0.4, 0.5) is 0 Å². The van der Waals surface area contributed by atoms with E-state index in [1.54, 1.807) is 18.2 Å². The van der Waals surface area contributed by atoms with Gasteiger partial charge in [-0.3, -0.25) is 0 Å². The summed E-state index contributed by atoms with van der Waals surface area (Å²) >= 11 is 5.65. The maximum absolute atomic E-state index is 11.6. The van der Waals surface area contributed by atoms with Crippen molar-refractivity contribution in [2.24, 2.45) is 0 Å². The first kappa shape index (κ1) is 11.0. The summed E-state index contributed by atoms with van der Waals surface area (Å²) in [4.78, 5) is 0.0825. The number of hydrogen-bond acceptors (Lipinski definition) is 3. The molecule has 0 fully saturated rings. The van der Waals surface area contributed by atoms with Gasteiger partial charge in [0.1, 0.15) is 5.25 Å². The van der Waals surface area contributed by atoms with Crippen molar-refractivity contribution in [3.8, 4) is 6.07 Å². The monoisotopic (exact) mass is 229 g/mol. The molecule has 1 atom stereocenters. The van der Waals surface area contributed by atoms with Crippen LogP contribution < -0.4 is 0 Å². The molecular weight excluding hydrogens is 222 g/mol. The van der Waals surface area contributed by atoms with Gasteiger partial charge in [0.05, 0.1) is 11.0 Å². The zero-order valence-electron chi connectivity index (χ0n) is 7.44. The lowest BCUT2D eigenvalue weighted by Gasteiger charge is -2.05. The number of nitriles is 1. The van der Waals surface area contributed by atoms with Gasteiger partial charge in [0.15, 0.2) is 9.84 Å². The molecule has 1 aromatic carbocycles. The second-order valence-corrected chi connectivity index (χ2v) is 5.48. The van der Waals surface area contributed by atoms with E-state index in [0.717, 1.165) is 0 Å². The smallest absolute Gasteiger partial charge is 0.194 e. The van der Waals surface area contributed by atoms with Crippen molar-refractivity contribution >= 4 is 21.4 Å². The second-order valence-electron chi connectivity index (χ2n) is 2.77. The molecule has 0 saturated carbocycles. The van der Waals surface area contributed by atoms with Gasteiger partial charge < -0.3 is 0 Å². The minimum atomic E-state index is -3.56. The number of nitrogens with zero attached hydrogens (tertiary/aromatic N) is 1. The standard InChI is InChI=1S/C9H8ClNO2S/c1-7(6-11)14(12,13)9-4-2-3-8(10)5-9/h2-5,7H,1H3. The van der Waals surface area contributed by atoms with Crippen LogP contribution in [-0.2, 0) is 9.84 Å². The van der Waals surface area contributed by atoms with E-state index in [1.807, 2.05) is 0 Å². The van der Waals surface area contributed by atoms with E-state index in [2.05, 4.69) is 0 Å². The summed E-state index contributed by atoms with van der Waals surface area (Å²) in [5, 5.41) is 7.83. The normalized spacial score (nSPS) is 13.2. The molecule has 74 valence electrons. The topological polar surface area (TPSA) is 57.9 Å². The molecule has 14 heavy (non-hydrogen) atoms. The second kappa shape index (κ2) is 3.99. The van der Waals surface area contributed by atoms with Crippen molar-refractivity contribution in [2.45, 2.75) is 17.1 Å². The first-order chi connectivity index (χ1) is 6.48. The Morgan fingerprint density at radius 3 is 2.64 bits per heavy atom. The van der Waals surface area contributed by atoms with Crippen LogP contribution in [0.15, 0.2) is 29.2 Å². The van der Waals surface area contributed by atoms with Crippen molar-refractivity contribution in [1.82, 2.24) is 0 Å². The molecule has 5 heteroatoms. The van der Waals surface area contributed by atoms with Gasteiger partial charge in [-0.1, -0.05) is 17.7 Å². The summed E-state index contributed by atoms with van der Waals surface area (Å²) in [5.74, 6) is 0. The van der Waals surface area contributed by atoms with Crippen LogP contribution >= 0.6 is 11.6 Å². The lowest BCUT2D eigenvalue weighted by molar-refractivity contribution is 0.592. The molecule has 0 aliphatic rings. The minimum Gasteiger partial charge on any atom is -0.222 e. The zero-order valence-corrected chi connectivity index (χ0v) is 9.01. The molecule has 3 nitrogen and oxygen atoms in total. The third-order valence-electron chi connectivity index (χ3n) is 1.77. The van der Waals surface area contributed by atoms with Crippen LogP contribution in [0.25, 0.3) is 0 Å². The number of halogens is 1. The third-order valence-corrected chi connectivity index (χ3v) is 3.95. The van der Waals surface area contributed by atoms with Gasteiger partial charge in [0, 0.05) is 5.02 Å². The van der Waals surface area contributed by atoms with E-state index in [0.29, 0.717) is 5.02 Å². The number of benzene rings is 1. The Bertz CT molecular complexity index is 476. The molecule has 0 aromatic heterocycles. The van der Waals surface area contributed by atoms with Gasteiger partial charge in [0.25, 0.3) is 0 Å². The van der Waals surface area contributed by atoms with Gasteiger partial charge in [-0.2, -0.15) is 5.26 Å². The summed E-state index contributed by atoms with van der Waals surface area (Å²) in [7, 11) is -3.56. The molecule has 0 heterocycles. The van der Waals surface area contributed by atoms with Crippen molar-refractivity contribution in [1.29, 1.82) is 5.26 Å². The summed E-state index contributed by atoms with van der Waals surface area (Å²) < 4.78 is 23.3. The molecule has 0 spiro atoms. The molecule has 0 radical (unpaired) electrons. The maximum Gasteiger partial charge on any atom is 0.194 e. The highest BCUT2D eigenvalue weighted by Gasteiger charge is 2.22. The first-order valence-electron chi connectivity index (χ1n) is 3.87. The highest BCUT2D eigenvalue weighted by Crippen LogP contribution is 2.19. The molecule has 0 bridgehead atoms. The summed E-state index contributed by atoms with van der Waals surface area (Å²) in [6.07, 6.45) is 0. The Labute approximate surface area is 87.8 Å². The van der Waals surface area contributed by atoms with E-state index in [9.17, 15) is 8.42 Å². The van der Waals surface area contributed by atoms with Crippen LogP contribution in [0.1, 0.15) is 6.92 Å². The Hall–Kier alpha value is -1.05. The Morgan fingerprint density at radius 1 is 1.50 bits per heavy atom. The van der Waals surface area contributed by atoms with Crippen LogP contribution in [0.2, 0.25) is 5.02 Å². The number of rotatable bonds is 2. The number of hydrogen-bond donors (Lipinski definition) is 0. The fourth-order valence-electron chi connectivity index (χ4n) is 0.917. The Morgan fingerprint density at radius 2 is 2.14 bits per heavy atom. The molecule has 0 aliphatic carbocycles. The molecule has 0 saturated heterocycles. The first-order valence-corrected chi connectivity index (χ1v) is 5.80. The lowest BCUT2D eigenvalue weighted by atomic mass is 10.4. The van der Waals surface area contributed by atoms with E-state index in [4.69, 9.17) is 16.9 Å². The molecule has 1 rings (SSSR count). The maximum atomic E-state index is 11.6. The van der Waals surface area contributed by atoms with Crippen molar-refractivity contribution < 1.29 is 8.42 Å². The van der Waals surface area contributed by atoms with Crippen molar-refractivity contribution in [3.05, 3.63) is 29.3 Å². The lowest BCUT2D eigenvalue weighted by Crippen LogP contribution is -2.15. The number of sulfone groups is 1. The minimum absolute atomic E-state index is 0.0825. The highest BCUT2D eigenvalue weighted by molar-refractivity contribution is 7.92. The Balaban J connectivity index is 3.26. The molecule has 1 aromatic rings. The van der Waals surface area contributed by atoms with Gasteiger partial charge in [0.2, 0.25) is 0 Å². The predicted octanol–water partition coefficient (Wildman–Crippen LogP) is 2.03. The van der Waals surface area contributed by atoms with Gasteiger partial charge >= 0.3 is 0 Å². The van der Waals surface area contributed by atoms with Crippen molar-refractivity contribution in [3.63, 3.8) is 0 Å². The van der Waals surface area contributed by atoms with Crippen LogP contribution in [-0.4, -0.2) is 13.7 Å². The molecule has 0 aliphatic heterocycles. The Kier molecular flexibility index (Phi) is 3.14. The summed E-state index contributed by atoms with van der Waals surface area (Å²) in [6.45, 7) is 1.34. The highest BCUT2D eigenvalue weighted by atomic mass is 35.5. The average Bonchev–Trinajstić information content (AvgIpc) is 2.16. The predicted molar refractivity (Wildman–Crippen MR) is 53.7 cm³/mol. The molecule has 0 amide bonds. The van der Waals surface area contributed by atoms with Crippen LogP contribution in [0.5, 0.6) is 0 Å². The summed E-state index contributed by atoms with van der Waals surface area (Å²) in [5.41, 5.74) is 0.